The number of benzene rings is 3. The molecule has 9 heteroatoms. The van der Waals surface area contributed by atoms with E-state index in [0.29, 0.717) is 39.3 Å². The third-order valence-electron chi connectivity index (χ3n) is 5.62. The number of nitrogens with two attached hydrogens (primary N) is 1. The molecule has 9 nitrogen and oxygen atoms in total. The first kappa shape index (κ1) is 24.2. The molecular weight excluding hydrogens is 460 g/mol. The maximum absolute atomic E-state index is 13.1. The van der Waals surface area contributed by atoms with Crippen molar-refractivity contribution >= 4 is 46.3 Å². The summed E-state index contributed by atoms with van der Waals surface area (Å²) in [5.74, 6) is -1.83. The van der Waals surface area contributed by atoms with E-state index in [0.717, 1.165) is 5.56 Å². The highest BCUT2D eigenvalue weighted by Crippen LogP contribution is 2.38. The molecule has 1 aliphatic rings. The summed E-state index contributed by atoms with van der Waals surface area (Å²) in [7, 11) is 2.79. The number of nitrogens with zero attached hydrogens (tertiary/aromatic N) is 1. The Bertz CT molecular complexity index is 1400. The minimum Gasteiger partial charge on any atom is -0.465 e. The van der Waals surface area contributed by atoms with Crippen LogP contribution in [0.15, 0.2) is 72.8 Å². The molecule has 3 aromatic rings. The number of nitrogens with one attached hydrogen (secondary N) is 2. The quantitative estimate of drug-likeness (QED) is 0.349. The lowest BCUT2D eigenvalue weighted by Gasteiger charge is -2.17. The predicted molar refractivity (Wildman–Crippen MR) is 136 cm³/mol. The van der Waals surface area contributed by atoms with E-state index in [4.69, 9.17) is 10.5 Å². The van der Waals surface area contributed by atoms with Crippen LogP contribution in [-0.2, 0) is 14.3 Å². The first-order valence-electron chi connectivity index (χ1n) is 11.0. The Labute approximate surface area is 207 Å². The van der Waals surface area contributed by atoms with Crippen LogP contribution in [0, 0.1) is 0 Å². The fourth-order valence-electron chi connectivity index (χ4n) is 3.95. The Morgan fingerprint density at radius 2 is 1.67 bits per heavy atom. The lowest BCUT2D eigenvalue weighted by Crippen LogP contribution is -2.35. The molecule has 0 fully saturated rings. The average Bonchev–Trinajstić information content (AvgIpc) is 3.21. The topological polar surface area (TPSA) is 131 Å². The molecule has 0 unspecified atom stereocenters. The smallest absolute Gasteiger partial charge is 0.337 e. The van der Waals surface area contributed by atoms with E-state index in [1.807, 2.05) is 30.3 Å². The maximum atomic E-state index is 13.1. The fourth-order valence-corrected chi connectivity index (χ4v) is 3.95. The Kier molecular flexibility index (Phi) is 6.82. The number of hydrogen-bond donors (Lipinski definition) is 3. The van der Waals surface area contributed by atoms with Gasteiger partial charge in [-0.25, -0.2) is 4.79 Å². The Hall–Kier alpha value is -4.92. The molecule has 0 aromatic heterocycles. The van der Waals surface area contributed by atoms with Crippen LogP contribution in [0.5, 0.6) is 0 Å². The van der Waals surface area contributed by atoms with Gasteiger partial charge in [0.05, 0.1) is 36.2 Å². The third kappa shape index (κ3) is 4.95. The molecule has 4 N–H and O–H groups in total. The summed E-state index contributed by atoms with van der Waals surface area (Å²) in [6, 6.07) is 20.9. The second kappa shape index (κ2) is 10.1. The van der Waals surface area contributed by atoms with Crippen LogP contribution >= 0.6 is 0 Å². The molecule has 3 aromatic carbocycles. The molecular formula is C27H24N4O5. The fraction of sp³-hybridized carbons (Fsp3) is 0.111. The Balaban J connectivity index is 1.77. The number of methoxy groups -OCH3 is 1. The van der Waals surface area contributed by atoms with Gasteiger partial charge in [-0.05, 0) is 35.9 Å². The zero-order valence-electron chi connectivity index (χ0n) is 19.7. The van der Waals surface area contributed by atoms with Crippen molar-refractivity contribution in [2.45, 2.75) is 0 Å². The minimum atomic E-state index is -0.613. The van der Waals surface area contributed by atoms with Crippen LogP contribution in [0.1, 0.15) is 31.8 Å². The van der Waals surface area contributed by atoms with E-state index >= 15 is 0 Å². The molecule has 0 saturated heterocycles. The molecule has 1 heterocycles. The molecule has 0 atom stereocenters. The van der Waals surface area contributed by atoms with Crippen LogP contribution in [0.3, 0.4) is 0 Å². The van der Waals surface area contributed by atoms with E-state index in [2.05, 4.69) is 10.6 Å². The van der Waals surface area contributed by atoms with Crippen LogP contribution < -0.4 is 16.4 Å². The molecule has 0 saturated carbocycles. The molecule has 36 heavy (non-hydrogen) atoms. The Morgan fingerprint density at radius 1 is 0.944 bits per heavy atom. The normalized spacial score (nSPS) is 13.3. The van der Waals surface area contributed by atoms with Crippen molar-refractivity contribution < 1.29 is 23.9 Å². The number of fused-ring (bicyclic) bond motifs is 1. The number of rotatable bonds is 7. The van der Waals surface area contributed by atoms with Crippen LogP contribution in [0.2, 0.25) is 0 Å². The molecule has 0 radical (unpaired) electrons. The average molecular weight is 485 g/mol. The first-order valence-corrected chi connectivity index (χ1v) is 11.0. The van der Waals surface area contributed by atoms with Gasteiger partial charge in [-0.2, -0.15) is 0 Å². The molecule has 1 aliphatic heterocycles. The van der Waals surface area contributed by atoms with Gasteiger partial charge in [-0.1, -0.05) is 42.5 Å². The van der Waals surface area contributed by atoms with E-state index in [1.54, 1.807) is 42.5 Å². The molecule has 0 bridgehead atoms. The summed E-state index contributed by atoms with van der Waals surface area (Å²) in [5, 5.41) is 6.11. The highest BCUT2D eigenvalue weighted by molar-refractivity contribution is 6.37. The summed E-state index contributed by atoms with van der Waals surface area (Å²) in [6.07, 6.45) is 0. The summed E-state index contributed by atoms with van der Waals surface area (Å²) in [6.45, 7) is -0.208. The molecule has 0 aliphatic carbocycles. The number of hydrogen-bond acceptors (Lipinski definition) is 6. The molecule has 3 amide bonds. The van der Waals surface area contributed by atoms with Crippen molar-refractivity contribution in [1.29, 1.82) is 0 Å². The van der Waals surface area contributed by atoms with E-state index in [-0.39, 0.29) is 18.4 Å². The summed E-state index contributed by atoms with van der Waals surface area (Å²) in [5.41, 5.74) is 9.20. The van der Waals surface area contributed by atoms with Gasteiger partial charge in [0.25, 0.3) is 11.8 Å². The van der Waals surface area contributed by atoms with Crippen LogP contribution in [0.4, 0.5) is 11.4 Å². The van der Waals surface area contributed by atoms with Crippen molar-refractivity contribution in [1.82, 2.24) is 4.90 Å². The third-order valence-corrected chi connectivity index (χ3v) is 5.62. The summed E-state index contributed by atoms with van der Waals surface area (Å²) in [4.78, 5) is 50.3. The van der Waals surface area contributed by atoms with Gasteiger partial charge in [-0.3, -0.25) is 14.4 Å². The molecule has 182 valence electrons. The number of amides is 3. The lowest BCUT2D eigenvalue weighted by molar-refractivity contribution is -0.118. The van der Waals surface area contributed by atoms with Gasteiger partial charge in [0.15, 0.2) is 0 Å². The standard InChI is InChI=1S/C27H24N4O5/c1-31(15-22(28)32)26(34)17-9-6-10-19(13-17)29-24(16-7-4-3-5-8-16)23-20-12-11-18(27(35)36-2)14-21(20)30-25(23)33/h3-14,29H,15H2,1-2H3,(H2,28,32)(H,30,33)/b24-23-. The second-order valence-electron chi connectivity index (χ2n) is 8.16. The number of anilines is 2. The van der Waals surface area contributed by atoms with E-state index < -0.39 is 11.9 Å². The van der Waals surface area contributed by atoms with Gasteiger partial charge in [0, 0.05) is 23.9 Å². The summed E-state index contributed by atoms with van der Waals surface area (Å²) >= 11 is 0. The van der Waals surface area contributed by atoms with Gasteiger partial charge in [0.2, 0.25) is 5.91 Å². The van der Waals surface area contributed by atoms with Gasteiger partial charge < -0.3 is 26.0 Å². The highest BCUT2D eigenvalue weighted by atomic mass is 16.5. The van der Waals surface area contributed by atoms with Crippen molar-refractivity contribution in [3.8, 4) is 0 Å². The summed E-state index contributed by atoms with van der Waals surface area (Å²) < 4.78 is 4.78. The Morgan fingerprint density at radius 3 is 2.36 bits per heavy atom. The largest absolute Gasteiger partial charge is 0.465 e. The number of likely N-dealkylation sites (N-methyl/N-ethyl adjacent to an activating group) is 1. The monoisotopic (exact) mass is 484 g/mol. The van der Waals surface area contributed by atoms with E-state index in [9.17, 15) is 19.2 Å². The van der Waals surface area contributed by atoms with Gasteiger partial charge in [0.1, 0.15) is 0 Å². The lowest BCUT2D eigenvalue weighted by atomic mass is 9.99. The van der Waals surface area contributed by atoms with Crippen molar-refractivity contribution in [3.05, 3.63) is 95.1 Å². The minimum absolute atomic E-state index is 0.208. The van der Waals surface area contributed by atoms with Crippen LogP contribution in [-0.4, -0.2) is 49.3 Å². The van der Waals surface area contributed by atoms with Gasteiger partial charge >= 0.3 is 5.97 Å². The van der Waals surface area contributed by atoms with E-state index in [1.165, 1.54) is 19.1 Å². The maximum Gasteiger partial charge on any atom is 0.337 e. The number of carbonyl (C=O) groups excluding carboxylic acids is 4. The van der Waals surface area contributed by atoms with Gasteiger partial charge in [-0.15, -0.1) is 0 Å². The number of ether oxygens (including phenoxy) is 1. The predicted octanol–water partition coefficient (Wildman–Crippen LogP) is 2.96. The number of carbonyl (C=O) groups is 4. The SMILES string of the molecule is COC(=O)c1ccc2c(c1)NC(=O)/C2=C(\Nc1cccc(C(=O)N(C)CC(N)=O)c1)c1ccccc1. The zero-order chi connectivity index (χ0) is 25.8. The zero-order valence-corrected chi connectivity index (χ0v) is 19.7. The molecule has 0 spiro atoms. The number of esters is 1. The second-order valence-corrected chi connectivity index (χ2v) is 8.16. The van der Waals surface area contributed by atoms with Crippen molar-refractivity contribution in [2.75, 3.05) is 31.3 Å². The van der Waals surface area contributed by atoms with Crippen molar-refractivity contribution in [2.24, 2.45) is 5.73 Å². The number of primary amides is 1. The molecule has 4 rings (SSSR count). The highest BCUT2D eigenvalue weighted by Gasteiger charge is 2.29. The van der Waals surface area contributed by atoms with Crippen LogP contribution in [0.25, 0.3) is 11.3 Å². The van der Waals surface area contributed by atoms with Crippen molar-refractivity contribution in [3.63, 3.8) is 0 Å². The first-order chi connectivity index (χ1) is 17.3.